The lowest BCUT2D eigenvalue weighted by Gasteiger charge is -2.14. The van der Waals surface area contributed by atoms with Gasteiger partial charge in [-0.25, -0.2) is 0 Å². The van der Waals surface area contributed by atoms with E-state index in [1.165, 1.54) is 7.11 Å². The van der Waals surface area contributed by atoms with Crippen molar-refractivity contribution < 1.29 is 14.4 Å². The summed E-state index contributed by atoms with van der Waals surface area (Å²) in [6, 6.07) is 5.87. The molecule has 1 aromatic carbocycles. The van der Waals surface area contributed by atoms with Crippen molar-refractivity contribution in [1.29, 1.82) is 0 Å². The van der Waals surface area contributed by atoms with Crippen LogP contribution in [0.1, 0.15) is 23.2 Å². The van der Waals surface area contributed by atoms with E-state index in [9.17, 15) is 10.1 Å². The van der Waals surface area contributed by atoms with Crippen molar-refractivity contribution in [2.45, 2.75) is 12.1 Å². The summed E-state index contributed by atoms with van der Waals surface area (Å²) in [7, 11) is 3.01. The van der Waals surface area contributed by atoms with Crippen LogP contribution in [0.25, 0.3) is 0 Å². The van der Waals surface area contributed by atoms with E-state index in [1.54, 1.807) is 25.3 Å². The minimum atomic E-state index is -0.871. The number of hydrogen-bond acceptors (Lipinski definition) is 5. The van der Waals surface area contributed by atoms with Gasteiger partial charge in [0.05, 0.1) is 12.6 Å². The Morgan fingerprint density at radius 1 is 1.28 bits per heavy atom. The fraction of sp³-hybridized carbons (Fsp3) is 0.500. The molecule has 0 radical (unpaired) electrons. The highest BCUT2D eigenvalue weighted by molar-refractivity contribution is 5.27. The molecule has 0 bridgehead atoms. The molecule has 6 heteroatoms. The monoisotopic (exact) mass is 254 g/mol. The van der Waals surface area contributed by atoms with E-state index in [-0.39, 0.29) is 17.6 Å². The highest BCUT2D eigenvalue weighted by Gasteiger charge is 2.23. The summed E-state index contributed by atoms with van der Waals surface area (Å²) in [5.41, 5.74) is 7.30. The highest BCUT2D eigenvalue weighted by Crippen LogP contribution is 2.20. The van der Waals surface area contributed by atoms with Crippen LogP contribution in [0.2, 0.25) is 0 Å². The minimum absolute atomic E-state index is 0.0377. The molecule has 0 aliphatic heterocycles. The molecule has 0 saturated carbocycles. The van der Waals surface area contributed by atoms with Gasteiger partial charge in [0.1, 0.15) is 6.61 Å². The average Bonchev–Trinajstić information content (AvgIpc) is 2.36. The first-order valence-corrected chi connectivity index (χ1v) is 5.57. The molecule has 0 aromatic heterocycles. The Morgan fingerprint density at radius 3 is 2.44 bits per heavy atom. The van der Waals surface area contributed by atoms with Crippen molar-refractivity contribution in [2.24, 2.45) is 5.73 Å². The second-order valence-electron chi connectivity index (χ2n) is 3.99. The lowest BCUT2D eigenvalue weighted by Crippen LogP contribution is -2.19. The Morgan fingerprint density at radius 2 is 1.89 bits per heavy atom. The molecule has 2 atom stereocenters. The summed E-state index contributed by atoms with van der Waals surface area (Å²) >= 11 is 0. The van der Waals surface area contributed by atoms with Gasteiger partial charge < -0.3 is 15.2 Å². The van der Waals surface area contributed by atoms with Crippen LogP contribution in [0.5, 0.6) is 0 Å². The van der Waals surface area contributed by atoms with Crippen molar-refractivity contribution in [3.05, 3.63) is 45.5 Å². The van der Waals surface area contributed by atoms with E-state index in [0.717, 1.165) is 5.56 Å². The van der Waals surface area contributed by atoms with Gasteiger partial charge in [-0.2, -0.15) is 0 Å². The zero-order chi connectivity index (χ0) is 13.5. The molecule has 100 valence electrons. The van der Waals surface area contributed by atoms with Gasteiger partial charge in [0, 0.05) is 24.7 Å². The van der Waals surface area contributed by atoms with Gasteiger partial charge in [-0.3, -0.25) is 10.1 Å². The van der Waals surface area contributed by atoms with Crippen LogP contribution in [0.15, 0.2) is 24.3 Å². The first kappa shape index (κ1) is 14.6. The standard InChI is InChI=1S/C12H18N2O4/c1-17-7-11(13)9-4-3-5-10(6-9)12(8-18-2)14(15)16/h3-6,11-12H,7-8,13H2,1-2H3. The highest BCUT2D eigenvalue weighted by atomic mass is 16.6. The van der Waals surface area contributed by atoms with E-state index in [2.05, 4.69) is 0 Å². The molecule has 0 aliphatic rings. The third kappa shape index (κ3) is 3.76. The molecule has 0 amide bonds. The molecule has 6 nitrogen and oxygen atoms in total. The molecule has 1 rings (SSSR count). The van der Waals surface area contributed by atoms with Crippen molar-refractivity contribution in [3.8, 4) is 0 Å². The largest absolute Gasteiger partial charge is 0.383 e. The fourth-order valence-corrected chi connectivity index (χ4v) is 1.71. The zero-order valence-electron chi connectivity index (χ0n) is 10.5. The lowest BCUT2D eigenvalue weighted by molar-refractivity contribution is -0.532. The Balaban J connectivity index is 2.95. The SMILES string of the molecule is COCC(N)c1cccc(C(COC)[N+](=O)[O-])c1. The molecule has 0 heterocycles. The van der Waals surface area contributed by atoms with E-state index in [1.807, 2.05) is 6.07 Å². The van der Waals surface area contributed by atoms with Crippen molar-refractivity contribution in [3.63, 3.8) is 0 Å². The second-order valence-corrected chi connectivity index (χ2v) is 3.99. The van der Waals surface area contributed by atoms with Crippen LogP contribution < -0.4 is 5.73 Å². The third-order valence-electron chi connectivity index (χ3n) is 2.65. The fourth-order valence-electron chi connectivity index (χ4n) is 1.71. The van der Waals surface area contributed by atoms with Crippen molar-refractivity contribution in [2.75, 3.05) is 27.4 Å². The van der Waals surface area contributed by atoms with Gasteiger partial charge in [-0.1, -0.05) is 18.2 Å². The summed E-state index contributed by atoms with van der Waals surface area (Å²) in [4.78, 5) is 10.6. The van der Waals surface area contributed by atoms with Crippen LogP contribution in [-0.4, -0.2) is 32.4 Å². The topological polar surface area (TPSA) is 87.6 Å². The summed E-state index contributed by atoms with van der Waals surface area (Å²) < 4.78 is 9.84. The Kier molecular flexibility index (Phi) is 5.70. The summed E-state index contributed by atoms with van der Waals surface area (Å²) in [5, 5.41) is 11.0. The number of methoxy groups -OCH3 is 2. The van der Waals surface area contributed by atoms with Crippen LogP contribution >= 0.6 is 0 Å². The number of hydrogen-bond donors (Lipinski definition) is 1. The van der Waals surface area contributed by atoms with E-state index in [4.69, 9.17) is 15.2 Å². The van der Waals surface area contributed by atoms with E-state index in [0.29, 0.717) is 12.2 Å². The summed E-state index contributed by atoms with van der Waals surface area (Å²) in [6.07, 6.45) is 0. The molecule has 18 heavy (non-hydrogen) atoms. The normalized spacial score (nSPS) is 14.2. The van der Waals surface area contributed by atoms with Gasteiger partial charge in [0.2, 0.25) is 0 Å². The smallest absolute Gasteiger partial charge is 0.261 e. The predicted molar refractivity (Wildman–Crippen MR) is 66.9 cm³/mol. The van der Waals surface area contributed by atoms with Crippen molar-refractivity contribution >= 4 is 0 Å². The first-order valence-electron chi connectivity index (χ1n) is 5.57. The number of nitrogens with zero attached hydrogens (tertiary/aromatic N) is 1. The van der Waals surface area contributed by atoms with Crippen LogP contribution in [0.3, 0.4) is 0 Å². The molecular weight excluding hydrogens is 236 g/mol. The van der Waals surface area contributed by atoms with E-state index >= 15 is 0 Å². The van der Waals surface area contributed by atoms with Gasteiger partial charge >= 0.3 is 0 Å². The third-order valence-corrected chi connectivity index (χ3v) is 2.65. The van der Waals surface area contributed by atoms with Gasteiger partial charge in [-0.15, -0.1) is 0 Å². The minimum Gasteiger partial charge on any atom is -0.383 e. The molecule has 0 spiro atoms. The number of benzene rings is 1. The quantitative estimate of drug-likeness (QED) is 0.585. The van der Waals surface area contributed by atoms with Crippen molar-refractivity contribution in [1.82, 2.24) is 0 Å². The molecular formula is C12H18N2O4. The maximum absolute atomic E-state index is 11.0. The maximum Gasteiger partial charge on any atom is 0.261 e. The van der Waals surface area contributed by atoms with Gasteiger partial charge in [0.25, 0.3) is 6.04 Å². The Labute approximate surface area is 106 Å². The number of nitrogens with two attached hydrogens (primary N) is 1. The first-order chi connectivity index (χ1) is 8.60. The molecule has 0 fully saturated rings. The summed E-state index contributed by atoms with van der Waals surface area (Å²) in [5.74, 6) is 0. The summed E-state index contributed by atoms with van der Waals surface area (Å²) in [6.45, 7) is 0.410. The van der Waals surface area contributed by atoms with Gasteiger partial charge in [-0.05, 0) is 11.6 Å². The molecule has 0 saturated heterocycles. The van der Waals surface area contributed by atoms with E-state index < -0.39 is 6.04 Å². The molecule has 2 N–H and O–H groups in total. The maximum atomic E-state index is 11.0. The second kappa shape index (κ2) is 7.05. The average molecular weight is 254 g/mol. The Hall–Kier alpha value is -1.50. The zero-order valence-corrected chi connectivity index (χ0v) is 10.5. The van der Waals surface area contributed by atoms with Crippen LogP contribution in [0, 0.1) is 10.1 Å². The molecule has 2 unspecified atom stereocenters. The number of rotatable bonds is 7. The molecule has 1 aromatic rings. The van der Waals surface area contributed by atoms with Crippen LogP contribution in [0.4, 0.5) is 0 Å². The van der Waals surface area contributed by atoms with Gasteiger partial charge in [0.15, 0.2) is 0 Å². The predicted octanol–water partition coefficient (Wildman–Crippen LogP) is 1.30. The Bertz CT molecular complexity index is 397. The van der Waals surface area contributed by atoms with Crippen LogP contribution in [-0.2, 0) is 9.47 Å². The number of nitro groups is 1. The molecule has 0 aliphatic carbocycles. The lowest BCUT2D eigenvalue weighted by atomic mass is 10.0. The number of ether oxygens (including phenoxy) is 2.